The average Bonchev–Trinajstić information content (AvgIpc) is 2.13. The number of nitrogens with one attached hydrogen (secondary N) is 1. The zero-order valence-electron chi connectivity index (χ0n) is 8.68. The molecular formula is C11H14NO2. The third-order valence-corrected chi connectivity index (χ3v) is 2.04. The van der Waals surface area contributed by atoms with Crippen molar-refractivity contribution in [2.75, 3.05) is 6.61 Å². The van der Waals surface area contributed by atoms with Crippen molar-refractivity contribution in [3.05, 3.63) is 28.8 Å². The molecule has 0 spiro atoms. The van der Waals surface area contributed by atoms with E-state index in [0.29, 0.717) is 17.9 Å². The Bertz CT molecular complexity index is 335. The summed E-state index contributed by atoms with van der Waals surface area (Å²) in [5, 5.41) is 0. The molecule has 1 aromatic rings. The van der Waals surface area contributed by atoms with E-state index in [2.05, 4.69) is 0 Å². The highest BCUT2D eigenvalue weighted by atomic mass is 16.5. The van der Waals surface area contributed by atoms with Crippen LogP contribution in [0.4, 0.5) is 5.69 Å². The first-order valence-electron chi connectivity index (χ1n) is 4.56. The maximum atomic E-state index is 11.4. The second-order valence-corrected chi connectivity index (χ2v) is 3.21. The smallest absolute Gasteiger partial charge is 0.338 e. The minimum atomic E-state index is -0.321. The first-order valence-corrected chi connectivity index (χ1v) is 4.56. The van der Waals surface area contributed by atoms with Gasteiger partial charge in [-0.2, -0.15) is 0 Å². The molecule has 75 valence electrons. The average molecular weight is 192 g/mol. The highest BCUT2D eigenvalue weighted by Gasteiger charge is 2.09. The molecule has 0 saturated heterocycles. The molecule has 1 rings (SSSR count). The lowest BCUT2D eigenvalue weighted by atomic mass is 10.0. The molecule has 0 aliphatic heterocycles. The van der Waals surface area contributed by atoms with Gasteiger partial charge in [-0.1, -0.05) is 0 Å². The number of aryl methyl sites for hydroxylation is 2. The van der Waals surface area contributed by atoms with Gasteiger partial charge in [0, 0.05) is 0 Å². The fourth-order valence-electron chi connectivity index (χ4n) is 1.30. The Labute approximate surface area is 83.9 Å². The predicted molar refractivity (Wildman–Crippen MR) is 54.6 cm³/mol. The van der Waals surface area contributed by atoms with Crippen LogP contribution >= 0.6 is 0 Å². The van der Waals surface area contributed by atoms with Crippen molar-refractivity contribution in [2.24, 2.45) is 0 Å². The monoisotopic (exact) mass is 192 g/mol. The number of hydrogen-bond acceptors (Lipinski definition) is 2. The Hall–Kier alpha value is -1.51. The van der Waals surface area contributed by atoms with Crippen LogP contribution < -0.4 is 5.73 Å². The summed E-state index contributed by atoms with van der Waals surface area (Å²) in [6.07, 6.45) is 0. The fraction of sp³-hybridized carbons (Fsp3) is 0.364. The van der Waals surface area contributed by atoms with Crippen LogP contribution in [0.2, 0.25) is 0 Å². The van der Waals surface area contributed by atoms with Crippen molar-refractivity contribution in [3.8, 4) is 0 Å². The molecule has 0 fully saturated rings. The second kappa shape index (κ2) is 4.13. The number of carbonyl (C=O) groups excluding carboxylic acids is 1. The molecular weight excluding hydrogens is 178 g/mol. The van der Waals surface area contributed by atoms with Gasteiger partial charge in [0.05, 0.1) is 17.9 Å². The van der Waals surface area contributed by atoms with Crippen molar-refractivity contribution in [3.63, 3.8) is 0 Å². The van der Waals surface area contributed by atoms with Crippen LogP contribution in [-0.2, 0) is 4.74 Å². The largest absolute Gasteiger partial charge is 0.462 e. The van der Waals surface area contributed by atoms with E-state index in [-0.39, 0.29) is 5.97 Å². The molecule has 0 heterocycles. The van der Waals surface area contributed by atoms with Gasteiger partial charge in [-0.3, -0.25) is 0 Å². The van der Waals surface area contributed by atoms with Crippen molar-refractivity contribution >= 4 is 11.7 Å². The van der Waals surface area contributed by atoms with Gasteiger partial charge in [0.25, 0.3) is 0 Å². The topological polar surface area (TPSA) is 50.1 Å². The summed E-state index contributed by atoms with van der Waals surface area (Å²) in [6, 6.07) is 3.38. The Morgan fingerprint density at radius 1 is 1.36 bits per heavy atom. The van der Waals surface area contributed by atoms with Gasteiger partial charge in [-0.15, -0.1) is 0 Å². The van der Waals surface area contributed by atoms with E-state index >= 15 is 0 Å². The van der Waals surface area contributed by atoms with Crippen molar-refractivity contribution in [1.82, 2.24) is 5.73 Å². The van der Waals surface area contributed by atoms with E-state index < -0.39 is 0 Å². The van der Waals surface area contributed by atoms with Gasteiger partial charge in [-0.25, -0.2) is 4.79 Å². The lowest BCUT2D eigenvalue weighted by molar-refractivity contribution is 0.0526. The van der Waals surface area contributed by atoms with Crippen molar-refractivity contribution in [1.29, 1.82) is 0 Å². The van der Waals surface area contributed by atoms with Gasteiger partial charge in [0.1, 0.15) is 0 Å². The second-order valence-electron chi connectivity index (χ2n) is 3.21. The normalized spacial score (nSPS) is 9.93. The fourth-order valence-corrected chi connectivity index (χ4v) is 1.30. The van der Waals surface area contributed by atoms with E-state index in [1.807, 2.05) is 13.8 Å². The standard InChI is InChI=1S/C11H14NO2/c1-4-14-11(13)9-5-7(2)10(12)8(3)6-9/h5-6,12H,4H2,1-3H3. The number of rotatable bonds is 2. The molecule has 0 bridgehead atoms. The molecule has 1 aromatic carbocycles. The SMILES string of the molecule is CCOC(=O)c1cc(C)c([NH])c(C)c1. The lowest BCUT2D eigenvalue weighted by Crippen LogP contribution is -2.05. The Morgan fingerprint density at radius 2 is 1.86 bits per heavy atom. The first-order chi connectivity index (χ1) is 6.56. The Balaban J connectivity index is 3.06. The minimum Gasteiger partial charge on any atom is -0.462 e. The Kier molecular flexibility index (Phi) is 3.12. The maximum Gasteiger partial charge on any atom is 0.338 e. The number of carbonyl (C=O) groups is 1. The van der Waals surface area contributed by atoms with E-state index in [0.717, 1.165) is 11.1 Å². The van der Waals surface area contributed by atoms with Crippen LogP contribution in [0.1, 0.15) is 28.4 Å². The molecule has 0 saturated carbocycles. The first kappa shape index (κ1) is 10.6. The van der Waals surface area contributed by atoms with E-state index in [4.69, 9.17) is 10.5 Å². The number of hydrogen-bond donors (Lipinski definition) is 0. The van der Waals surface area contributed by atoms with Gasteiger partial charge in [-0.05, 0) is 44.0 Å². The lowest BCUT2D eigenvalue weighted by Gasteiger charge is -2.07. The molecule has 3 heteroatoms. The summed E-state index contributed by atoms with van der Waals surface area (Å²) in [4.78, 5) is 11.4. The van der Waals surface area contributed by atoms with Crippen LogP contribution in [-0.4, -0.2) is 12.6 Å². The van der Waals surface area contributed by atoms with E-state index in [1.54, 1.807) is 19.1 Å². The summed E-state index contributed by atoms with van der Waals surface area (Å²) in [6.45, 7) is 5.78. The predicted octanol–water partition coefficient (Wildman–Crippen LogP) is 2.39. The van der Waals surface area contributed by atoms with Gasteiger partial charge >= 0.3 is 5.97 Å². The summed E-state index contributed by atoms with van der Waals surface area (Å²) in [5.41, 5.74) is 10.2. The number of ether oxygens (including phenoxy) is 1. The van der Waals surface area contributed by atoms with E-state index in [9.17, 15) is 4.79 Å². The Morgan fingerprint density at radius 3 is 2.29 bits per heavy atom. The number of esters is 1. The van der Waals surface area contributed by atoms with Crippen LogP contribution in [0, 0.1) is 13.8 Å². The van der Waals surface area contributed by atoms with Crippen LogP contribution in [0.15, 0.2) is 12.1 Å². The highest BCUT2D eigenvalue weighted by molar-refractivity contribution is 5.90. The molecule has 0 unspecified atom stereocenters. The van der Waals surface area contributed by atoms with Crippen LogP contribution in [0.3, 0.4) is 0 Å². The molecule has 0 amide bonds. The zero-order chi connectivity index (χ0) is 10.7. The van der Waals surface area contributed by atoms with Crippen LogP contribution in [0.25, 0.3) is 0 Å². The van der Waals surface area contributed by atoms with E-state index in [1.165, 1.54) is 0 Å². The zero-order valence-corrected chi connectivity index (χ0v) is 8.68. The van der Waals surface area contributed by atoms with Crippen molar-refractivity contribution in [2.45, 2.75) is 20.8 Å². The molecule has 1 radical (unpaired) electrons. The molecule has 0 aliphatic carbocycles. The molecule has 0 atom stereocenters. The highest BCUT2D eigenvalue weighted by Crippen LogP contribution is 2.20. The van der Waals surface area contributed by atoms with Gasteiger partial charge in [0.2, 0.25) is 0 Å². The third-order valence-electron chi connectivity index (χ3n) is 2.04. The van der Waals surface area contributed by atoms with Crippen LogP contribution in [0.5, 0.6) is 0 Å². The van der Waals surface area contributed by atoms with Gasteiger partial charge < -0.3 is 10.5 Å². The summed E-state index contributed by atoms with van der Waals surface area (Å²) in [5.74, 6) is -0.321. The maximum absolute atomic E-state index is 11.4. The molecule has 0 aliphatic rings. The third kappa shape index (κ3) is 2.05. The summed E-state index contributed by atoms with van der Waals surface area (Å²) in [7, 11) is 0. The summed E-state index contributed by atoms with van der Waals surface area (Å²) >= 11 is 0. The summed E-state index contributed by atoms with van der Waals surface area (Å²) < 4.78 is 4.88. The van der Waals surface area contributed by atoms with Crippen molar-refractivity contribution < 1.29 is 9.53 Å². The molecule has 3 nitrogen and oxygen atoms in total. The quantitative estimate of drug-likeness (QED) is 0.675. The molecule has 14 heavy (non-hydrogen) atoms. The number of benzene rings is 1. The minimum absolute atomic E-state index is 0.321. The molecule has 0 aromatic heterocycles. The molecule has 1 N–H and O–H groups in total. The van der Waals surface area contributed by atoms with Gasteiger partial charge in [0.15, 0.2) is 0 Å².